The lowest BCUT2D eigenvalue weighted by Crippen LogP contribution is -1.98. The summed E-state index contributed by atoms with van der Waals surface area (Å²) in [4.78, 5) is 17.2. The summed E-state index contributed by atoms with van der Waals surface area (Å²) < 4.78 is 5.10. The van der Waals surface area contributed by atoms with E-state index in [1.54, 1.807) is 18.2 Å². The van der Waals surface area contributed by atoms with Gasteiger partial charge in [-0.05, 0) is 17.7 Å². The minimum Gasteiger partial charge on any atom is -0.391 e. The zero-order valence-corrected chi connectivity index (χ0v) is 14.0. The molecule has 0 amide bonds. The molecule has 0 atom stereocenters. The van der Waals surface area contributed by atoms with Gasteiger partial charge in [0.1, 0.15) is 12.3 Å². The highest BCUT2D eigenvalue weighted by molar-refractivity contribution is 6.30. The summed E-state index contributed by atoms with van der Waals surface area (Å²) in [6.45, 7) is 0.308. The normalized spacial score (nSPS) is 10.9. The van der Waals surface area contributed by atoms with E-state index >= 15 is 0 Å². The Bertz CT molecular complexity index is 858. The zero-order valence-electron chi connectivity index (χ0n) is 13.3. The molecule has 0 radical (unpaired) electrons. The molecule has 0 N–H and O–H groups in total. The molecule has 0 fully saturated rings. The predicted octanol–water partition coefficient (Wildman–Crippen LogP) is 4.77. The molecule has 0 spiro atoms. The van der Waals surface area contributed by atoms with Crippen molar-refractivity contribution in [2.75, 3.05) is 0 Å². The van der Waals surface area contributed by atoms with Crippen molar-refractivity contribution in [1.29, 1.82) is 0 Å². The number of halogens is 1. The van der Waals surface area contributed by atoms with Gasteiger partial charge in [-0.2, -0.15) is 0 Å². The summed E-state index contributed by atoms with van der Waals surface area (Å²) in [5.41, 5.74) is 2.46. The number of carbonyl (C=O) groups is 1. The number of nitrogens with zero attached hydrogens (tertiary/aromatic N) is 2. The Labute approximate surface area is 149 Å². The average Bonchev–Trinajstić information content (AvgIpc) is 3.14. The molecule has 3 aromatic rings. The Kier molecular flexibility index (Phi) is 5.59. The third-order valence-electron chi connectivity index (χ3n) is 3.42. The van der Waals surface area contributed by atoms with Crippen molar-refractivity contribution in [3.05, 3.63) is 77.0 Å². The lowest BCUT2D eigenvalue weighted by atomic mass is 10.1. The highest BCUT2D eigenvalue weighted by Crippen LogP contribution is 2.19. The molecule has 0 bridgehead atoms. The SMILES string of the molecule is O=C(C/C=N/OCc1ccc(Cl)cc1)c1cc(-c2ccccc2)no1. The van der Waals surface area contributed by atoms with Crippen LogP contribution >= 0.6 is 11.6 Å². The fourth-order valence-corrected chi connectivity index (χ4v) is 2.24. The van der Waals surface area contributed by atoms with Crippen LogP contribution in [0.15, 0.2) is 70.3 Å². The smallest absolute Gasteiger partial charge is 0.206 e. The topological polar surface area (TPSA) is 64.7 Å². The molecular formula is C19H15ClN2O3. The number of carbonyl (C=O) groups excluding carboxylic acids is 1. The van der Waals surface area contributed by atoms with Gasteiger partial charge in [0.15, 0.2) is 0 Å². The number of hydrogen-bond donors (Lipinski definition) is 0. The number of hydrogen-bond acceptors (Lipinski definition) is 5. The fourth-order valence-electron chi connectivity index (χ4n) is 2.12. The first-order valence-corrected chi connectivity index (χ1v) is 8.04. The van der Waals surface area contributed by atoms with Crippen LogP contribution in [-0.4, -0.2) is 17.2 Å². The lowest BCUT2D eigenvalue weighted by molar-refractivity contribution is 0.0961. The maximum Gasteiger partial charge on any atom is 0.206 e. The molecule has 3 rings (SSSR count). The number of rotatable bonds is 7. The minimum atomic E-state index is -0.214. The Morgan fingerprint density at radius 2 is 1.92 bits per heavy atom. The van der Waals surface area contributed by atoms with Crippen molar-refractivity contribution in [2.24, 2.45) is 5.16 Å². The molecule has 0 aliphatic rings. The fraction of sp³-hybridized carbons (Fsp3) is 0.105. The van der Waals surface area contributed by atoms with E-state index in [1.165, 1.54) is 6.21 Å². The summed E-state index contributed by atoms with van der Waals surface area (Å²) in [6.07, 6.45) is 1.48. The molecule has 0 aliphatic heterocycles. The molecule has 0 unspecified atom stereocenters. The van der Waals surface area contributed by atoms with Crippen LogP contribution in [-0.2, 0) is 11.4 Å². The molecular weight excluding hydrogens is 340 g/mol. The van der Waals surface area contributed by atoms with E-state index in [1.807, 2.05) is 42.5 Å². The van der Waals surface area contributed by atoms with E-state index in [4.69, 9.17) is 21.0 Å². The quantitative estimate of drug-likeness (QED) is 0.348. The molecule has 126 valence electrons. The van der Waals surface area contributed by atoms with E-state index in [9.17, 15) is 4.79 Å². The monoisotopic (exact) mass is 354 g/mol. The summed E-state index contributed by atoms with van der Waals surface area (Å²) in [7, 11) is 0. The average molecular weight is 355 g/mol. The van der Waals surface area contributed by atoms with Gasteiger partial charge in [0.2, 0.25) is 11.5 Å². The van der Waals surface area contributed by atoms with Gasteiger partial charge in [-0.3, -0.25) is 4.79 Å². The van der Waals surface area contributed by atoms with Gasteiger partial charge in [-0.15, -0.1) is 0 Å². The molecule has 25 heavy (non-hydrogen) atoms. The van der Waals surface area contributed by atoms with Crippen molar-refractivity contribution in [1.82, 2.24) is 5.16 Å². The Morgan fingerprint density at radius 1 is 1.16 bits per heavy atom. The van der Waals surface area contributed by atoms with Crippen LogP contribution in [0.2, 0.25) is 5.02 Å². The molecule has 0 saturated heterocycles. The number of oxime groups is 1. The van der Waals surface area contributed by atoms with Crippen molar-refractivity contribution in [3.8, 4) is 11.3 Å². The molecule has 5 nitrogen and oxygen atoms in total. The number of ketones is 1. The Balaban J connectivity index is 1.49. The Morgan fingerprint density at radius 3 is 2.68 bits per heavy atom. The maximum atomic E-state index is 12.1. The van der Waals surface area contributed by atoms with Crippen molar-refractivity contribution >= 4 is 23.6 Å². The number of Topliss-reactive ketones (excluding diaryl/α,β-unsaturated/α-hetero) is 1. The molecule has 2 aromatic carbocycles. The number of benzene rings is 2. The molecule has 0 aliphatic carbocycles. The van der Waals surface area contributed by atoms with E-state index < -0.39 is 0 Å². The van der Waals surface area contributed by atoms with Gasteiger partial charge in [-0.25, -0.2) is 0 Å². The molecule has 6 heteroatoms. The second kappa shape index (κ2) is 8.26. The highest BCUT2D eigenvalue weighted by atomic mass is 35.5. The summed E-state index contributed by atoms with van der Waals surface area (Å²) in [5.74, 6) is -0.0171. The maximum absolute atomic E-state index is 12.1. The van der Waals surface area contributed by atoms with Gasteiger partial charge < -0.3 is 9.36 Å². The minimum absolute atomic E-state index is 0.0735. The van der Waals surface area contributed by atoms with Crippen LogP contribution in [0.5, 0.6) is 0 Å². The largest absolute Gasteiger partial charge is 0.391 e. The predicted molar refractivity (Wildman–Crippen MR) is 95.6 cm³/mol. The van der Waals surface area contributed by atoms with Crippen LogP contribution in [0.25, 0.3) is 11.3 Å². The van der Waals surface area contributed by atoms with Crippen LogP contribution in [0.1, 0.15) is 22.5 Å². The van der Waals surface area contributed by atoms with Crippen molar-refractivity contribution in [3.63, 3.8) is 0 Å². The van der Waals surface area contributed by atoms with Crippen LogP contribution < -0.4 is 0 Å². The molecule has 1 heterocycles. The van der Waals surface area contributed by atoms with Crippen LogP contribution in [0.4, 0.5) is 0 Å². The molecule has 0 saturated carbocycles. The second-order valence-electron chi connectivity index (χ2n) is 5.26. The van der Waals surface area contributed by atoms with Crippen LogP contribution in [0.3, 0.4) is 0 Å². The Hall–Kier alpha value is -2.92. The third kappa shape index (κ3) is 4.78. The first-order valence-electron chi connectivity index (χ1n) is 7.66. The van der Waals surface area contributed by atoms with Crippen molar-refractivity contribution < 1.29 is 14.2 Å². The summed E-state index contributed by atoms with van der Waals surface area (Å²) >= 11 is 5.81. The van der Waals surface area contributed by atoms with Gasteiger partial charge in [0.25, 0.3) is 0 Å². The standard InChI is InChI=1S/C19H15ClN2O3/c20-16-8-6-14(7-9-16)13-24-21-11-10-18(23)19-12-17(22-25-19)15-4-2-1-3-5-15/h1-9,11-12H,10,13H2/b21-11+. The van der Waals surface area contributed by atoms with E-state index in [2.05, 4.69) is 10.3 Å². The summed E-state index contributed by atoms with van der Waals surface area (Å²) in [6, 6.07) is 18.4. The van der Waals surface area contributed by atoms with Gasteiger partial charge in [0.05, 0.1) is 12.6 Å². The highest BCUT2D eigenvalue weighted by Gasteiger charge is 2.12. The summed E-state index contributed by atoms with van der Waals surface area (Å²) in [5, 5.41) is 8.36. The molecule has 1 aromatic heterocycles. The van der Waals surface area contributed by atoms with E-state index in [-0.39, 0.29) is 18.0 Å². The lowest BCUT2D eigenvalue weighted by Gasteiger charge is -1.99. The second-order valence-corrected chi connectivity index (χ2v) is 5.69. The zero-order chi connectivity index (χ0) is 17.5. The van der Waals surface area contributed by atoms with E-state index in [0.29, 0.717) is 17.3 Å². The van der Waals surface area contributed by atoms with Gasteiger partial charge in [-0.1, -0.05) is 64.4 Å². The van der Waals surface area contributed by atoms with E-state index in [0.717, 1.165) is 11.1 Å². The van der Waals surface area contributed by atoms with Gasteiger partial charge >= 0.3 is 0 Å². The van der Waals surface area contributed by atoms with Gasteiger partial charge in [0, 0.05) is 16.7 Å². The van der Waals surface area contributed by atoms with Crippen molar-refractivity contribution in [2.45, 2.75) is 13.0 Å². The first-order chi connectivity index (χ1) is 12.2. The first kappa shape index (κ1) is 16.9. The third-order valence-corrected chi connectivity index (χ3v) is 3.68. The number of aromatic nitrogens is 1. The van der Waals surface area contributed by atoms with Crippen LogP contribution in [0, 0.1) is 0 Å².